The maximum Gasteiger partial charge on any atom is 0.167 e. The molecule has 1 saturated heterocycles. The van der Waals surface area contributed by atoms with Crippen molar-refractivity contribution in [3.63, 3.8) is 0 Å². The van der Waals surface area contributed by atoms with E-state index in [4.69, 9.17) is 10.5 Å². The molecule has 1 unspecified atom stereocenters. The molecule has 4 heteroatoms. The molecule has 1 aliphatic heterocycles. The number of anilines is 1. The zero-order valence-electron chi connectivity index (χ0n) is 10.8. The number of rotatable bonds is 2. The summed E-state index contributed by atoms with van der Waals surface area (Å²) < 4.78 is 6.72. The fraction of sp³-hybridized carbons (Fsp3) is 0.533. The number of hydrogen-bond acceptors (Lipinski definition) is 3. The lowest BCUT2D eigenvalue weighted by Crippen LogP contribution is -2.47. The molecule has 2 fully saturated rings. The van der Waals surface area contributed by atoms with Crippen LogP contribution in [0, 0.1) is 5.92 Å². The summed E-state index contributed by atoms with van der Waals surface area (Å²) in [5.41, 5.74) is 7.14. The van der Waals surface area contributed by atoms with Crippen molar-refractivity contribution < 1.29 is 9.53 Å². The summed E-state index contributed by atoms with van der Waals surface area (Å²) in [6.45, 7) is 0.705. The van der Waals surface area contributed by atoms with Crippen molar-refractivity contribution in [2.75, 3.05) is 12.3 Å². The third-order valence-electron chi connectivity index (χ3n) is 4.38. The Labute approximate surface area is 121 Å². The van der Waals surface area contributed by atoms with E-state index in [1.54, 1.807) is 12.1 Å². The number of nitrogen functional groups attached to an aromatic ring is 1. The van der Waals surface area contributed by atoms with E-state index in [9.17, 15) is 4.79 Å². The van der Waals surface area contributed by atoms with Crippen LogP contribution in [0.15, 0.2) is 22.7 Å². The lowest BCUT2D eigenvalue weighted by molar-refractivity contribution is -0.137. The molecule has 0 amide bonds. The highest BCUT2D eigenvalue weighted by Crippen LogP contribution is 2.45. The molecule has 0 aromatic heterocycles. The molecule has 1 atom stereocenters. The number of ketones is 1. The molecule has 3 nitrogen and oxygen atoms in total. The summed E-state index contributed by atoms with van der Waals surface area (Å²) in [5, 5.41) is 0. The standard InChI is InChI=1S/C15H18BrNO2/c16-13-3-2-11(17)8-12(13)14(18)10-4-7-19-15(9-10)5-1-6-15/h2-3,8,10H,1,4-7,9,17H2. The second-order valence-corrected chi connectivity index (χ2v) is 6.53. The van der Waals surface area contributed by atoms with Gasteiger partial charge in [-0.3, -0.25) is 4.79 Å². The molecule has 2 aliphatic rings. The first-order valence-corrected chi connectivity index (χ1v) is 7.62. The Morgan fingerprint density at radius 1 is 1.42 bits per heavy atom. The third-order valence-corrected chi connectivity index (χ3v) is 5.08. The van der Waals surface area contributed by atoms with E-state index < -0.39 is 0 Å². The van der Waals surface area contributed by atoms with Gasteiger partial charge in [0.25, 0.3) is 0 Å². The molecule has 1 aromatic carbocycles. The van der Waals surface area contributed by atoms with Crippen molar-refractivity contribution >= 4 is 27.4 Å². The van der Waals surface area contributed by atoms with Crippen LogP contribution in [0.5, 0.6) is 0 Å². The maximum absolute atomic E-state index is 12.7. The first-order valence-electron chi connectivity index (χ1n) is 6.83. The summed E-state index contributed by atoms with van der Waals surface area (Å²) in [6.07, 6.45) is 5.13. The van der Waals surface area contributed by atoms with Gasteiger partial charge in [-0.05, 0) is 50.3 Å². The monoisotopic (exact) mass is 323 g/mol. The molecule has 2 N–H and O–H groups in total. The average Bonchev–Trinajstić information content (AvgIpc) is 2.39. The fourth-order valence-electron chi connectivity index (χ4n) is 3.12. The molecule has 1 aromatic rings. The Kier molecular flexibility index (Phi) is 3.39. The Balaban J connectivity index is 1.81. The highest BCUT2D eigenvalue weighted by molar-refractivity contribution is 9.10. The molecule has 19 heavy (non-hydrogen) atoms. The predicted octanol–water partition coefficient (Wildman–Crippen LogP) is 3.56. The number of hydrogen-bond donors (Lipinski definition) is 1. The quantitative estimate of drug-likeness (QED) is 0.668. The number of carbonyl (C=O) groups is 1. The van der Waals surface area contributed by atoms with Crippen LogP contribution in [0.4, 0.5) is 5.69 Å². The average molecular weight is 324 g/mol. The van der Waals surface area contributed by atoms with E-state index in [2.05, 4.69) is 15.9 Å². The molecule has 1 saturated carbocycles. The van der Waals surface area contributed by atoms with Gasteiger partial charge in [-0.1, -0.05) is 15.9 Å². The second kappa shape index (κ2) is 4.91. The first-order chi connectivity index (χ1) is 9.10. The Morgan fingerprint density at radius 3 is 2.89 bits per heavy atom. The molecular weight excluding hydrogens is 306 g/mol. The summed E-state index contributed by atoms with van der Waals surface area (Å²) in [7, 11) is 0. The molecule has 0 radical (unpaired) electrons. The van der Waals surface area contributed by atoms with Crippen molar-refractivity contribution in [3.05, 3.63) is 28.2 Å². The molecule has 1 spiro atoms. The minimum absolute atomic E-state index is 0.00534. The fourth-order valence-corrected chi connectivity index (χ4v) is 3.56. The number of Topliss-reactive ketones (excluding diaryl/α,β-unsaturated/α-hetero) is 1. The zero-order chi connectivity index (χ0) is 13.5. The maximum atomic E-state index is 12.7. The lowest BCUT2D eigenvalue weighted by atomic mass is 9.70. The molecule has 0 bridgehead atoms. The molecule has 1 heterocycles. The van der Waals surface area contributed by atoms with Crippen molar-refractivity contribution in [2.45, 2.75) is 37.7 Å². The highest BCUT2D eigenvalue weighted by Gasteiger charge is 2.44. The molecule has 1 aliphatic carbocycles. The van der Waals surface area contributed by atoms with Gasteiger partial charge in [0.05, 0.1) is 5.60 Å². The van der Waals surface area contributed by atoms with Crippen LogP contribution in [-0.2, 0) is 4.74 Å². The normalized spacial score (nSPS) is 25.0. The van der Waals surface area contributed by atoms with Gasteiger partial charge in [-0.2, -0.15) is 0 Å². The van der Waals surface area contributed by atoms with Crippen molar-refractivity contribution in [1.82, 2.24) is 0 Å². The van der Waals surface area contributed by atoms with E-state index in [0.29, 0.717) is 17.9 Å². The predicted molar refractivity (Wildman–Crippen MR) is 78.1 cm³/mol. The summed E-state index contributed by atoms with van der Waals surface area (Å²) in [4.78, 5) is 12.7. The van der Waals surface area contributed by atoms with Crippen LogP contribution >= 0.6 is 15.9 Å². The van der Waals surface area contributed by atoms with Gasteiger partial charge in [-0.15, -0.1) is 0 Å². The van der Waals surface area contributed by atoms with Gasteiger partial charge in [0, 0.05) is 28.2 Å². The number of ether oxygens (including phenoxy) is 1. The third kappa shape index (κ3) is 2.43. The van der Waals surface area contributed by atoms with Crippen molar-refractivity contribution in [2.24, 2.45) is 5.92 Å². The van der Waals surface area contributed by atoms with Gasteiger partial charge in [0.1, 0.15) is 0 Å². The molecular formula is C15H18BrNO2. The largest absolute Gasteiger partial charge is 0.399 e. The Hall–Kier alpha value is -0.870. The van der Waals surface area contributed by atoms with Crippen LogP contribution in [0.25, 0.3) is 0 Å². The van der Waals surface area contributed by atoms with Crippen LogP contribution in [0.3, 0.4) is 0 Å². The van der Waals surface area contributed by atoms with Crippen LogP contribution in [-0.4, -0.2) is 18.0 Å². The van der Waals surface area contributed by atoms with E-state index >= 15 is 0 Å². The zero-order valence-corrected chi connectivity index (χ0v) is 12.4. The Bertz CT molecular complexity index is 511. The highest BCUT2D eigenvalue weighted by atomic mass is 79.9. The minimum Gasteiger partial charge on any atom is -0.399 e. The summed E-state index contributed by atoms with van der Waals surface area (Å²) >= 11 is 3.45. The summed E-state index contributed by atoms with van der Waals surface area (Å²) in [6, 6.07) is 5.43. The van der Waals surface area contributed by atoms with Crippen molar-refractivity contribution in [1.29, 1.82) is 0 Å². The van der Waals surface area contributed by atoms with Gasteiger partial charge in [0.2, 0.25) is 0 Å². The van der Waals surface area contributed by atoms with Crippen LogP contribution in [0.1, 0.15) is 42.5 Å². The van der Waals surface area contributed by atoms with Crippen molar-refractivity contribution in [3.8, 4) is 0 Å². The number of carbonyl (C=O) groups excluding carboxylic acids is 1. The van der Waals surface area contributed by atoms with E-state index in [0.717, 1.165) is 30.2 Å². The van der Waals surface area contributed by atoms with E-state index in [1.165, 1.54) is 6.42 Å². The summed E-state index contributed by atoms with van der Waals surface area (Å²) in [5.74, 6) is 0.279. The van der Waals surface area contributed by atoms with Gasteiger partial charge >= 0.3 is 0 Å². The van der Waals surface area contributed by atoms with Gasteiger partial charge in [-0.25, -0.2) is 0 Å². The van der Waals surface area contributed by atoms with E-state index in [1.807, 2.05) is 6.07 Å². The topological polar surface area (TPSA) is 52.3 Å². The number of nitrogens with two attached hydrogens (primary N) is 1. The number of halogens is 1. The SMILES string of the molecule is Nc1ccc(Br)c(C(=O)C2CCOC3(CCC3)C2)c1. The molecule has 102 valence electrons. The van der Waals surface area contributed by atoms with Crippen LogP contribution in [0.2, 0.25) is 0 Å². The Morgan fingerprint density at radius 2 is 2.21 bits per heavy atom. The lowest BCUT2D eigenvalue weighted by Gasteiger charge is -2.46. The molecule has 3 rings (SSSR count). The van der Waals surface area contributed by atoms with Gasteiger partial charge in [0.15, 0.2) is 5.78 Å². The minimum atomic E-state index is 0.00534. The van der Waals surface area contributed by atoms with E-state index in [-0.39, 0.29) is 17.3 Å². The second-order valence-electron chi connectivity index (χ2n) is 5.68. The first kappa shape index (κ1) is 13.1. The van der Waals surface area contributed by atoms with Gasteiger partial charge < -0.3 is 10.5 Å². The number of benzene rings is 1. The van der Waals surface area contributed by atoms with Crippen LogP contribution < -0.4 is 5.73 Å². The smallest absolute Gasteiger partial charge is 0.167 e.